The van der Waals surface area contributed by atoms with Crippen LogP contribution in [0.25, 0.3) is 0 Å². The van der Waals surface area contributed by atoms with E-state index >= 15 is 0 Å². The molecule has 0 bridgehead atoms. The molecule has 10 heteroatoms. The first-order chi connectivity index (χ1) is 19.7. The Hall–Kier alpha value is -3.61. The maximum absolute atomic E-state index is 13.9. The lowest BCUT2D eigenvalue weighted by Crippen LogP contribution is -2.46. The number of nitrogens with zero attached hydrogens (tertiary/aromatic N) is 1. The number of sulfone groups is 1. The van der Waals surface area contributed by atoms with Gasteiger partial charge in [0, 0.05) is 36.0 Å². The van der Waals surface area contributed by atoms with E-state index in [1.165, 1.54) is 11.0 Å². The fourth-order valence-electron chi connectivity index (χ4n) is 3.64. The fraction of sp³-hybridized carbons (Fsp3) is 0.387. The molecule has 0 aliphatic rings. The maximum Gasteiger partial charge on any atom is 0.242 e. The molecule has 1 unspecified atom stereocenters. The minimum Gasteiger partial charge on any atom is -0.353 e. The van der Waals surface area contributed by atoms with E-state index in [0.717, 1.165) is 5.56 Å². The zero-order chi connectivity index (χ0) is 31.1. The highest BCUT2D eigenvalue weighted by atomic mass is 35.5. The second-order valence-corrected chi connectivity index (χ2v) is 11.4. The van der Waals surface area contributed by atoms with Crippen molar-refractivity contribution in [1.29, 1.82) is 0 Å². The molecular formula is C31H42ClN3O5S. The SMILES string of the molecule is C#C.C/C=C\C=C/CNC(=O)CCN(CC(Cc1ccccc1)S(=O)(=O)/C(=C/C=C(/Cl)CC)CC)C(=O)CNC=O. The van der Waals surface area contributed by atoms with Crippen molar-refractivity contribution in [1.82, 2.24) is 15.5 Å². The number of carbonyl (C=O) groups excluding carboxylic acids is 3. The highest BCUT2D eigenvalue weighted by molar-refractivity contribution is 7.95. The predicted molar refractivity (Wildman–Crippen MR) is 168 cm³/mol. The van der Waals surface area contributed by atoms with Crippen LogP contribution in [0.15, 0.2) is 76.7 Å². The Balaban J connectivity index is 0.00000781. The molecule has 3 amide bonds. The quantitative estimate of drug-likeness (QED) is 0.148. The summed E-state index contributed by atoms with van der Waals surface area (Å²) < 4.78 is 27.7. The third-order valence-corrected chi connectivity index (χ3v) is 8.57. The normalized spacial score (nSPS) is 12.8. The zero-order valence-corrected chi connectivity index (χ0v) is 25.7. The lowest BCUT2D eigenvalue weighted by atomic mass is 10.1. The Morgan fingerprint density at radius 2 is 1.76 bits per heavy atom. The van der Waals surface area contributed by atoms with Crippen molar-refractivity contribution >= 4 is 39.7 Å². The first-order valence-electron chi connectivity index (χ1n) is 13.3. The van der Waals surface area contributed by atoms with Gasteiger partial charge in [-0.2, -0.15) is 0 Å². The molecule has 0 aliphatic heterocycles. The fourth-order valence-corrected chi connectivity index (χ4v) is 5.58. The number of carbonyl (C=O) groups is 3. The highest BCUT2D eigenvalue weighted by Gasteiger charge is 2.32. The molecule has 0 radical (unpaired) electrons. The Labute approximate surface area is 250 Å². The molecule has 1 aromatic carbocycles. The van der Waals surface area contributed by atoms with E-state index in [1.807, 2.05) is 62.4 Å². The van der Waals surface area contributed by atoms with Crippen molar-refractivity contribution < 1.29 is 22.8 Å². The first-order valence-corrected chi connectivity index (χ1v) is 15.3. The molecule has 0 aromatic heterocycles. The molecule has 2 N–H and O–H groups in total. The average Bonchev–Trinajstić information content (AvgIpc) is 2.98. The van der Waals surface area contributed by atoms with E-state index in [2.05, 4.69) is 23.5 Å². The van der Waals surface area contributed by atoms with Crippen LogP contribution in [0.2, 0.25) is 0 Å². The van der Waals surface area contributed by atoms with Gasteiger partial charge in [-0.1, -0.05) is 80.1 Å². The van der Waals surface area contributed by atoms with Gasteiger partial charge in [0.05, 0.1) is 11.8 Å². The maximum atomic E-state index is 13.9. The number of amides is 3. The minimum atomic E-state index is -3.87. The summed E-state index contributed by atoms with van der Waals surface area (Å²) in [4.78, 5) is 37.7. The monoisotopic (exact) mass is 603 g/mol. The van der Waals surface area contributed by atoms with Crippen LogP contribution in [0.1, 0.15) is 45.6 Å². The number of nitrogens with one attached hydrogen (secondary N) is 2. The van der Waals surface area contributed by atoms with Gasteiger partial charge in [-0.25, -0.2) is 8.42 Å². The number of halogens is 1. The molecule has 1 atom stereocenters. The summed E-state index contributed by atoms with van der Waals surface area (Å²) in [6, 6.07) is 9.16. The molecule has 0 fully saturated rings. The van der Waals surface area contributed by atoms with Crippen LogP contribution < -0.4 is 10.6 Å². The van der Waals surface area contributed by atoms with Gasteiger partial charge in [-0.15, -0.1) is 12.8 Å². The molecule has 0 saturated carbocycles. The molecule has 224 valence electrons. The van der Waals surface area contributed by atoms with Gasteiger partial charge in [-0.05, 0) is 43.9 Å². The summed E-state index contributed by atoms with van der Waals surface area (Å²) in [5.41, 5.74) is 0.799. The first kappa shape index (κ1) is 37.4. The lowest BCUT2D eigenvalue weighted by molar-refractivity contribution is -0.132. The average molecular weight is 604 g/mol. The van der Waals surface area contributed by atoms with Crippen LogP contribution in [0, 0.1) is 12.8 Å². The van der Waals surface area contributed by atoms with Crippen molar-refractivity contribution in [2.45, 2.75) is 51.7 Å². The molecule has 0 aliphatic carbocycles. The Morgan fingerprint density at radius 3 is 2.34 bits per heavy atom. The molecule has 0 saturated heterocycles. The second-order valence-electron chi connectivity index (χ2n) is 8.66. The summed E-state index contributed by atoms with van der Waals surface area (Å²) in [6.45, 7) is 5.38. The van der Waals surface area contributed by atoms with Crippen molar-refractivity contribution in [3.8, 4) is 12.8 Å². The highest BCUT2D eigenvalue weighted by Crippen LogP contribution is 2.23. The summed E-state index contributed by atoms with van der Waals surface area (Å²) in [6.07, 6.45) is 19.8. The largest absolute Gasteiger partial charge is 0.353 e. The van der Waals surface area contributed by atoms with Gasteiger partial charge in [0.2, 0.25) is 18.2 Å². The third-order valence-electron chi connectivity index (χ3n) is 5.83. The van der Waals surface area contributed by atoms with Crippen LogP contribution in [0.3, 0.4) is 0 Å². The van der Waals surface area contributed by atoms with Gasteiger partial charge in [0.15, 0.2) is 9.84 Å². The predicted octanol–water partition coefficient (Wildman–Crippen LogP) is 4.30. The Kier molecular flexibility index (Phi) is 20.2. The number of benzene rings is 1. The van der Waals surface area contributed by atoms with E-state index in [9.17, 15) is 22.8 Å². The summed E-state index contributed by atoms with van der Waals surface area (Å²) in [7, 11) is -3.87. The molecule has 0 heterocycles. The second kappa shape index (κ2) is 22.1. The molecule has 1 aromatic rings. The topological polar surface area (TPSA) is 113 Å². The van der Waals surface area contributed by atoms with E-state index < -0.39 is 21.0 Å². The van der Waals surface area contributed by atoms with Gasteiger partial charge in [0.25, 0.3) is 0 Å². The molecule has 41 heavy (non-hydrogen) atoms. The van der Waals surface area contributed by atoms with Crippen LogP contribution in [0.4, 0.5) is 0 Å². The molecule has 0 spiro atoms. The molecule has 1 rings (SSSR count). The number of rotatable bonds is 18. The standard InChI is InChI=1S/C29H40ClN3O5S.C2H2/c1-4-7-8-12-18-32-28(35)17-19-33(29(36)21-31-23-34)22-27(20-24-13-10-9-11-14-24)39(37,38)26(6-3)16-15-25(30)5-2;1-2/h4,7-16,23,27H,5-6,17-22H2,1-3H3,(H,31,34)(H,32,35);1-2H/b7-4-,12-8-,25-15+,26-16+;. The van der Waals surface area contributed by atoms with Gasteiger partial charge >= 0.3 is 0 Å². The summed E-state index contributed by atoms with van der Waals surface area (Å²) >= 11 is 6.12. The van der Waals surface area contributed by atoms with Crippen molar-refractivity contribution in [3.05, 3.63) is 82.3 Å². The molecular weight excluding hydrogens is 562 g/mol. The summed E-state index contributed by atoms with van der Waals surface area (Å²) in [5, 5.41) is 4.63. The van der Waals surface area contributed by atoms with Crippen molar-refractivity contribution in [2.75, 3.05) is 26.2 Å². The van der Waals surface area contributed by atoms with Crippen molar-refractivity contribution in [2.24, 2.45) is 0 Å². The van der Waals surface area contributed by atoms with E-state index in [4.69, 9.17) is 11.6 Å². The van der Waals surface area contributed by atoms with Crippen molar-refractivity contribution in [3.63, 3.8) is 0 Å². The van der Waals surface area contributed by atoms with Gasteiger partial charge < -0.3 is 15.5 Å². The summed E-state index contributed by atoms with van der Waals surface area (Å²) in [5.74, 6) is -0.760. The lowest BCUT2D eigenvalue weighted by Gasteiger charge is -2.28. The number of hydrogen-bond donors (Lipinski definition) is 2. The van der Waals surface area contributed by atoms with E-state index in [-0.39, 0.29) is 49.7 Å². The van der Waals surface area contributed by atoms with E-state index in [0.29, 0.717) is 24.4 Å². The Morgan fingerprint density at radius 1 is 1.07 bits per heavy atom. The van der Waals surface area contributed by atoms with Gasteiger partial charge in [0.1, 0.15) is 0 Å². The molecule has 8 nitrogen and oxygen atoms in total. The zero-order valence-electron chi connectivity index (χ0n) is 24.1. The number of terminal acetylenes is 1. The van der Waals surface area contributed by atoms with Crippen LogP contribution in [0.5, 0.6) is 0 Å². The minimum absolute atomic E-state index is 0.00265. The smallest absolute Gasteiger partial charge is 0.242 e. The van der Waals surface area contributed by atoms with Crippen LogP contribution in [-0.4, -0.2) is 63.0 Å². The van der Waals surface area contributed by atoms with Crippen LogP contribution in [-0.2, 0) is 30.6 Å². The Bertz CT molecular complexity index is 1190. The van der Waals surface area contributed by atoms with Crippen LogP contribution >= 0.6 is 11.6 Å². The van der Waals surface area contributed by atoms with E-state index in [1.54, 1.807) is 19.1 Å². The number of allylic oxidation sites excluding steroid dienone is 7. The number of hydrogen-bond acceptors (Lipinski definition) is 5. The van der Waals surface area contributed by atoms with Gasteiger partial charge in [-0.3, -0.25) is 14.4 Å². The third kappa shape index (κ3) is 15.1.